The largest absolute Gasteiger partial charge is 0.477 e. The minimum atomic E-state index is -0.960. The quantitative estimate of drug-likeness (QED) is 0.829. The van der Waals surface area contributed by atoms with Gasteiger partial charge in [0.25, 0.3) is 0 Å². The lowest BCUT2D eigenvalue weighted by Gasteiger charge is -1.94. The van der Waals surface area contributed by atoms with Crippen molar-refractivity contribution in [3.8, 4) is 0 Å². The molecular weight excluding hydrogens is 243 g/mol. The topological polar surface area (TPSA) is 37.3 Å². The smallest absolute Gasteiger partial charge is 0.345 e. The molecule has 2 aromatic rings. The Bertz CT molecular complexity index is 480. The van der Waals surface area contributed by atoms with Crippen LogP contribution in [0.25, 0.3) is 10.1 Å². The zero-order valence-electron chi connectivity index (χ0n) is 6.75. The van der Waals surface area contributed by atoms with Crippen molar-refractivity contribution >= 4 is 50.6 Å². The molecule has 0 aliphatic rings. The molecule has 0 atom stereocenters. The van der Waals surface area contributed by atoms with Gasteiger partial charge >= 0.3 is 5.97 Å². The standard InChI is InChI=1S/C9H4Cl2O2S/c10-5-1-2-6(11)8-4(5)3-7(14-8)9(12)13/h1-3H,(H,12,13). The van der Waals surface area contributed by atoms with Gasteiger partial charge in [-0.25, -0.2) is 4.79 Å². The highest BCUT2D eigenvalue weighted by Gasteiger charge is 2.12. The van der Waals surface area contributed by atoms with Gasteiger partial charge in [-0.15, -0.1) is 11.3 Å². The van der Waals surface area contributed by atoms with Crippen molar-refractivity contribution in [3.05, 3.63) is 33.1 Å². The highest BCUT2D eigenvalue weighted by Crippen LogP contribution is 2.36. The second-order valence-corrected chi connectivity index (χ2v) is 4.55. The zero-order chi connectivity index (χ0) is 10.3. The average molecular weight is 247 g/mol. The van der Waals surface area contributed by atoms with Gasteiger partial charge in [0, 0.05) is 10.4 Å². The van der Waals surface area contributed by atoms with E-state index in [-0.39, 0.29) is 4.88 Å². The molecule has 2 rings (SSSR count). The van der Waals surface area contributed by atoms with E-state index in [0.717, 1.165) is 16.0 Å². The summed E-state index contributed by atoms with van der Waals surface area (Å²) >= 11 is 12.9. The number of benzene rings is 1. The molecule has 0 saturated carbocycles. The third-order valence-corrected chi connectivity index (χ3v) is 3.71. The highest BCUT2D eigenvalue weighted by atomic mass is 35.5. The molecule has 1 aromatic heterocycles. The number of hydrogen-bond donors (Lipinski definition) is 1. The first kappa shape index (κ1) is 9.77. The molecule has 2 nitrogen and oxygen atoms in total. The van der Waals surface area contributed by atoms with Crippen LogP contribution in [-0.4, -0.2) is 11.1 Å². The fourth-order valence-corrected chi connectivity index (χ4v) is 2.64. The SMILES string of the molecule is O=C(O)c1cc2c(Cl)ccc(Cl)c2s1. The number of carbonyl (C=O) groups is 1. The van der Waals surface area contributed by atoms with Crippen molar-refractivity contribution in [2.75, 3.05) is 0 Å². The Morgan fingerprint density at radius 2 is 1.93 bits per heavy atom. The molecule has 0 fully saturated rings. The number of aromatic carboxylic acids is 1. The summed E-state index contributed by atoms with van der Waals surface area (Å²) in [7, 11) is 0. The first-order valence-corrected chi connectivity index (χ1v) is 5.27. The maximum absolute atomic E-state index is 10.7. The highest BCUT2D eigenvalue weighted by molar-refractivity contribution is 7.21. The number of thiophene rings is 1. The molecule has 0 aliphatic heterocycles. The monoisotopic (exact) mass is 246 g/mol. The molecule has 0 saturated heterocycles. The van der Waals surface area contributed by atoms with Gasteiger partial charge in [-0.05, 0) is 18.2 Å². The van der Waals surface area contributed by atoms with Gasteiger partial charge in [-0.1, -0.05) is 23.2 Å². The van der Waals surface area contributed by atoms with E-state index in [1.165, 1.54) is 6.07 Å². The Hall–Kier alpha value is -0.770. The van der Waals surface area contributed by atoms with E-state index in [2.05, 4.69) is 0 Å². The van der Waals surface area contributed by atoms with Crippen molar-refractivity contribution in [3.63, 3.8) is 0 Å². The van der Waals surface area contributed by atoms with Crippen LogP contribution in [0.4, 0.5) is 0 Å². The summed E-state index contributed by atoms with van der Waals surface area (Å²) in [6.07, 6.45) is 0. The minimum absolute atomic E-state index is 0.245. The second-order valence-electron chi connectivity index (χ2n) is 2.69. The van der Waals surface area contributed by atoms with Crippen molar-refractivity contribution in [1.29, 1.82) is 0 Å². The number of carboxylic acids is 1. The summed E-state index contributed by atoms with van der Waals surface area (Å²) < 4.78 is 0.719. The molecule has 72 valence electrons. The Balaban J connectivity index is 2.82. The average Bonchev–Trinajstić information content (AvgIpc) is 2.57. The van der Waals surface area contributed by atoms with Gasteiger partial charge in [0.15, 0.2) is 0 Å². The summed E-state index contributed by atoms with van der Waals surface area (Å²) in [5.74, 6) is -0.960. The van der Waals surface area contributed by atoms with E-state index in [4.69, 9.17) is 28.3 Å². The van der Waals surface area contributed by atoms with E-state index in [9.17, 15) is 4.79 Å². The first-order chi connectivity index (χ1) is 6.59. The molecule has 0 bridgehead atoms. The fourth-order valence-electron chi connectivity index (χ4n) is 1.16. The van der Waals surface area contributed by atoms with Crippen molar-refractivity contribution in [1.82, 2.24) is 0 Å². The molecule has 1 N–H and O–H groups in total. The molecule has 0 radical (unpaired) electrons. The van der Waals surface area contributed by atoms with Gasteiger partial charge in [-0.3, -0.25) is 0 Å². The molecule has 0 unspecified atom stereocenters. The van der Waals surface area contributed by atoms with Crippen LogP contribution in [0.5, 0.6) is 0 Å². The maximum atomic E-state index is 10.7. The lowest BCUT2D eigenvalue weighted by atomic mass is 10.2. The fraction of sp³-hybridized carbons (Fsp3) is 0. The van der Waals surface area contributed by atoms with Crippen LogP contribution in [0.3, 0.4) is 0 Å². The zero-order valence-corrected chi connectivity index (χ0v) is 9.08. The predicted octanol–water partition coefficient (Wildman–Crippen LogP) is 3.91. The predicted molar refractivity (Wildman–Crippen MR) is 58.8 cm³/mol. The Morgan fingerprint density at radius 3 is 2.50 bits per heavy atom. The van der Waals surface area contributed by atoms with E-state index in [1.807, 2.05) is 0 Å². The van der Waals surface area contributed by atoms with Crippen LogP contribution in [0, 0.1) is 0 Å². The van der Waals surface area contributed by atoms with Gasteiger partial charge in [0.2, 0.25) is 0 Å². The van der Waals surface area contributed by atoms with Gasteiger partial charge in [-0.2, -0.15) is 0 Å². The molecule has 5 heteroatoms. The molecular formula is C9H4Cl2O2S. The van der Waals surface area contributed by atoms with E-state index in [1.54, 1.807) is 12.1 Å². The second kappa shape index (κ2) is 3.42. The van der Waals surface area contributed by atoms with Crippen molar-refractivity contribution in [2.24, 2.45) is 0 Å². The summed E-state index contributed by atoms with van der Waals surface area (Å²) in [5.41, 5.74) is 0. The maximum Gasteiger partial charge on any atom is 0.345 e. The molecule has 0 aliphatic carbocycles. The van der Waals surface area contributed by atoms with Crippen LogP contribution >= 0.6 is 34.5 Å². The Kier molecular flexibility index (Phi) is 2.39. The van der Waals surface area contributed by atoms with Crippen LogP contribution < -0.4 is 0 Å². The molecule has 0 amide bonds. The normalized spacial score (nSPS) is 10.7. The molecule has 14 heavy (non-hydrogen) atoms. The van der Waals surface area contributed by atoms with Crippen LogP contribution in [0.2, 0.25) is 10.0 Å². The summed E-state index contributed by atoms with van der Waals surface area (Å²) in [5, 5.41) is 10.5. The van der Waals surface area contributed by atoms with Crippen LogP contribution in [-0.2, 0) is 0 Å². The van der Waals surface area contributed by atoms with Gasteiger partial charge in [0.05, 0.1) is 9.72 Å². The van der Waals surface area contributed by atoms with E-state index >= 15 is 0 Å². The van der Waals surface area contributed by atoms with Crippen molar-refractivity contribution in [2.45, 2.75) is 0 Å². The lowest BCUT2D eigenvalue weighted by Crippen LogP contribution is -1.89. The van der Waals surface area contributed by atoms with Crippen LogP contribution in [0.1, 0.15) is 9.67 Å². The molecule has 0 spiro atoms. The summed E-state index contributed by atoms with van der Waals surface area (Å²) in [4.78, 5) is 11.0. The number of hydrogen-bond acceptors (Lipinski definition) is 2. The molecule has 1 aromatic carbocycles. The van der Waals surface area contributed by atoms with Crippen molar-refractivity contribution < 1.29 is 9.90 Å². The lowest BCUT2D eigenvalue weighted by molar-refractivity contribution is 0.0702. The third-order valence-electron chi connectivity index (χ3n) is 1.79. The Morgan fingerprint density at radius 1 is 1.29 bits per heavy atom. The van der Waals surface area contributed by atoms with E-state index in [0.29, 0.717) is 15.4 Å². The van der Waals surface area contributed by atoms with Crippen LogP contribution in [0.15, 0.2) is 18.2 Å². The minimum Gasteiger partial charge on any atom is -0.477 e. The van der Waals surface area contributed by atoms with Gasteiger partial charge in [0.1, 0.15) is 4.88 Å². The summed E-state index contributed by atoms with van der Waals surface area (Å²) in [6.45, 7) is 0. The number of rotatable bonds is 1. The number of carboxylic acid groups (broad SMARTS) is 1. The van der Waals surface area contributed by atoms with E-state index < -0.39 is 5.97 Å². The third kappa shape index (κ3) is 1.47. The number of halogens is 2. The van der Waals surface area contributed by atoms with Gasteiger partial charge < -0.3 is 5.11 Å². The summed E-state index contributed by atoms with van der Waals surface area (Å²) in [6, 6.07) is 4.86. The first-order valence-electron chi connectivity index (χ1n) is 3.70. The number of fused-ring (bicyclic) bond motifs is 1. The molecule has 1 heterocycles. The Labute approximate surface area is 93.7 Å².